The lowest BCUT2D eigenvalue weighted by Gasteiger charge is -2.31. The minimum absolute atomic E-state index is 0.00651. The number of primary amides is 1. The highest BCUT2D eigenvalue weighted by atomic mass is 32.2. The minimum Gasteiger partial charge on any atom is -0.508 e. The Kier molecular flexibility index (Phi) is 46.5. The molecule has 2 aromatic carbocycles. The second-order valence-electron chi connectivity index (χ2n) is 27.6. The molecular weight excluding hydrogens is 1470 g/mol. The summed E-state index contributed by atoms with van der Waals surface area (Å²) in [6.07, 6.45) is 3.52. The van der Waals surface area contributed by atoms with E-state index in [2.05, 4.69) is 58.2 Å². The molecular formula is C73H121N21O17S. The molecule has 31 N–H and O–H groups in total. The largest absolute Gasteiger partial charge is 0.508 e. The molecule has 0 radical (unpaired) electrons. The Morgan fingerprint density at radius 3 is 1.25 bits per heavy atom. The van der Waals surface area contributed by atoms with E-state index in [4.69, 9.17) is 51.6 Å². The topological polar surface area (TPSA) is 670 Å². The number of hydrogen-bond acceptors (Lipinski definition) is 23. The lowest BCUT2D eigenvalue weighted by Crippen LogP contribution is -2.61. The zero-order chi connectivity index (χ0) is 83.1. The van der Waals surface area contributed by atoms with Gasteiger partial charge in [0.05, 0.1) is 12.5 Å². The number of hydrogen-bond donors (Lipinski definition) is 22. The van der Waals surface area contributed by atoms with Gasteiger partial charge in [0.2, 0.25) is 70.9 Å². The summed E-state index contributed by atoms with van der Waals surface area (Å²) in [4.78, 5) is 200. The van der Waals surface area contributed by atoms with Crippen LogP contribution in [-0.2, 0) is 80.0 Å². The number of rotatable bonds is 58. The SMILES string of the molecule is CSCC[C@H](NC(=O)[C@H](CCCCN)NC(=O)[C@H](CCCCN)NC(=O)[C@H](CCCCN)NC(=O)[C@@H]1CCCN1C(=O)[C@H](Cc1ccc(O)cc1)NC(=O)[C@H](CC(N)=O)NC(=O)[C@@H](N)CCCCN)C(=O)N[C@@H](CCC(=O)O)C(=O)N[C@@H](CCCCN)C(=O)N[C@@H](CCCN=C(N)N)C(=O)N[C@@H](Cc1ccccc1)C(=O)O. The number of aliphatic imine (C=N–C) groups is 1. The van der Waals surface area contributed by atoms with E-state index >= 15 is 0 Å². The summed E-state index contributed by atoms with van der Waals surface area (Å²) in [5, 5.41) is 56.4. The maximum absolute atomic E-state index is 14.9. The maximum Gasteiger partial charge on any atom is 0.326 e. The van der Waals surface area contributed by atoms with Crippen LogP contribution in [0.2, 0.25) is 0 Å². The Balaban J connectivity index is 1.97. The first-order chi connectivity index (χ1) is 53.5. The molecule has 1 heterocycles. The molecule has 1 saturated heterocycles. The summed E-state index contributed by atoms with van der Waals surface area (Å²) in [6, 6.07) is -2.74. The first-order valence-electron chi connectivity index (χ1n) is 38.2. The molecule has 0 aliphatic carbocycles. The van der Waals surface area contributed by atoms with E-state index in [1.54, 1.807) is 36.6 Å². The van der Waals surface area contributed by atoms with Gasteiger partial charge >= 0.3 is 11.9 Å². The summed E-state index contributed by atoms with van der Waals surface area (Å²) in [7, 11) is 0. The van der Waals surface area contributed by atoms with Crippen LogP contribution in [0.25, 0.3) is 0 Å². The number of carboxylic acid groups (broad SMARTS) is 2. The van der Waals surface area contributed by atoms with Crippen molar-refractivity contribution in [1.29, 1.82) is 0 Å². The molecule has 39 heteroatoms. The molecule has 0 bridgehead atoms. The zero-order valence-electron chi connectivity index (χ0n) is 64.0. The Morgan fingerprint density at radius 1 is 0.455 bits per heavy atom. The van der Waals surface area contributed by atoms with Crippen molar-refractivity contribution < 1.29 is 82.4 Å². The van der Waals surface area contributed by atoms with Gasteiger partial charge in [-0.2, -0.15) is 11.8 Å². The number of benzene rings is 2. The van der Waals surface area contributed by atoms with Crippen molar-refractivity contribution in [1.82, 2.24) is 58.1 Å². The van der Waals surface area contributed by atoms with Crippen LogP contribution in [0.5, 0.6) is 5.75 Å². The van der Waals surface area contributed by atoms with Gasteiger partial charge in [-0.1, -0.05) is 48.9 Å². The number of guanidine groups is 1. The summed E-state index contributed by atoms with van der Waals surface area (Å²) in [5.74, 6) is -13.4. The van der Waals surface area contributed by atoms with Gasteiger partial charge in [0.1, 0.15) is 72.2 Å². The molecule has 2 aromatic rings. The van der Waals surface area contributed by atoms with Crippen LogP contribution in [0.4, 0.5) is 0 Å². The lowest BCUT2D eigenvalue weighted by atomic mass is 10.0. The van der Waals surface area contributed by atoms with Crippen LogP contribution in [0.15, 0.2) is 59.6 Å². The second kappa shape index (κ2) is 54.0. The Bertz CT molecular complexity index is 3360. The summed E-state index contributed by atoms with van der Waals surface area (Å²) in [5.41, 5.74) is 52.7. The average molecular weight is 1600 g/mol. The van der Waals surface area contributed by atoms with Crippen LogP contribution < -0.4 is 105 Å². The number of likely N-dealkylation sites (tertiary alicyclic amines) is 1. The Labute approximate surface area is 657 Å². The van der Waals surface area contributed by atoms with E-state index in [-0.39, 0.29) is 147 Å². The van der Waals surface area contributed by atoms with Crippen molar-refractivity contribution in [2.75, 3.05) is 57.8 Å². The van der Waals surface area contributed by atoms with Crippen molar-refractivity contribution in [2.45, 2.75) is 233 Å². The molecule has 1 fully saturated rings. The Hall–Kier alpha value is -9.80. The van der Waals surface area contributed by atoms with Gasteiger partial charge in [-0.05, 0) is 196 Å². The van der Waals surface area contributed by atoms with Gasteiger partial charge in [-0.25, -0.2) is 4.79 Å². The molecule has 0 spiro atoms. The van der Waals surface area contributed by atoms with Crippen LogP contribution in [-0.4, -0.2) is 239 Å². The number of phenolic OH excluding ortho intramolecular Hbond substituents is 1. The first kappa shape index (κ1) is 96.4. The molecule has 0 saturated carbocycles. The van der Waals surface area contributed by atoms with Gasteiger partial charge in [-0.15, -0.1) is 0 Å². The number of aromatic hydroxyl groups is 1. The highest BCUT2D eigenvalue weighted by Crippen LogP contribution is 2.22. The molecule has 1 aliphatic heterocycles. The van der Waals surface area contributed by atoms with Crippen LogP contribution >= 0.6 is 11.8 Å². The third-order valence-corrected chi connectivity index (χ3v) is 19.1. The molecule has 0 unspecified atom stereocenters. The molecule has 12 atom stereocenters. The fourth-order valence-electron chi connectivity index (χ4n) is 12.3. The fraction of sp³-hybridized carbons (Fsp3) is 0.630. The number of carbonyl (C=O) groups is 14. The quantitative estimate of drug-likeness (QED) is 0.0169. The van der Waals surface area contributed by atoms with Crippen LogP contribution in [0.3, 0.4) is 0 Å². The van der Waals surface area contributed by atoms with Gasteiger partial charge in [0.15, 0.2) is 5.96 Å². The maximum atomic E-state index is 14.9. The number of carbonyl (C=O) groups excluding carboxylic acids is 12. The molecule has 3 rings (SSSR count). The third-order valence-electron chi connectivity index (χ3n) is 18.5. The third kappa shape index (κ3) is 37.0. The molecule has 112 heavy (non-hydrogen) atoms. The van der Waals surface area contributed by atoms with Gasteiger partial charge < -0.3 is 125 Å². The van der Waals surface area contributed by atoms with Gasteiger partial charge in [0.25, 0.3) is 0 Å². The standard InChI is InChI=1S/C73H121N21O17S/c1-112-40-32-54(68(106)88-53(30-31-60(97)98)67(105)86-49(21-7-12-35-76)63(101)87-52(24-15-38-83-73(81)82)66(104)93-57(72(110)111)42-44-17-3-2-4-18-44)89-64(102)50(22-8-13-36-77)84-62(100)48(20-6-11-34-75)85-65(103)51(23-9-14-37-78)90-70(108)58-25-16-39-94(58)71(109)56(41-45-26-28-46(95)29-27-45)92-69(107)55(43-59(80)96)91-61(99)47(79)19-5-10-33-74/h2-4,17-18,26-29,47-58,95H,5-16,19-25,30-43,74-79H2,1H3,(H2,80,96)(H,84,100)(H,85,103)(H,86,105)(H,87,101)(H,88,106)(H,89,102)(H,90,108)(H,91,99)(H,92,107)(H,93,104)(H,97,98)(H,110,111)(H4,81,82,83)/t47-,48-,49-,50-,51-,52-,53-,54-,55-,56-,57-,58-/m0/s1. The van der Waals surface area contributed by atoms with Gasteiger partial charge in [0, 0.05) is 32.4 Å². The number of nitrogens with zero attached hydrogens (tertiary/aromatic N) is 2. The lowest BCUT2D eigenvalue weighted by molar-refractivity contribution is -0.142. The monoisotopic (exact) mass is 1600 g/mol. The van der Waals surface area contributed by atoms with Crippen molar-refractivity contribution >= 4 is 101 Å². The van der Waals surface area contributed by atoms with E-state index in [9.17, 15) is 82.4 Å². The predicted octanol–water partition coefficient (Wildman–Crippen LogP) is -4.38. The van der Waals surface area contributed by atoms with E-state index < -0.39 is 175 Å². The number of unbranched alkanes of at least 4 members (excludes halogenated alkanes) is 5. The number of phenols is 1. The van der Waals surface area contributed by atoms with E-state index in [1.807, 2.05) is 0 Å². The fourth-order valence-corrected chi connectivity index (χ4v) is 12.7. The highest BCUT2D eigenvalue weighted by Gasteiger charge is 2.41. The number of nitrogens with two attached hydrogens (primary N) is 9. The number of thioether (sulfide) groups is 1. The van der Waals surface area contributed by atoms with Crippen molar-refractivity contribution in [3.05, 3.63) is 65.7 Å². The van der Waals surface area contributed by atoms with Gasteiger partial charge in [-0.3, -0.25) is 67.3 Å². The Morgan fingerprint density at radius 2 is 0.830 bits per heavy atom. The van der Waals surface area contributed by atoms with E-state index in [0.29, 0.717) is 69.0 Å². The second-order valence-corrected chi connectivity index (χ2v) is 28.5. The highest BCUT2D eigenvalue weighted by molar-refractivity contribution is 7.98. The summed E-state index contributed by atoms with van der Waals surface area (Å²) in [6.45, 7) is 1.12. The predicted molar refractivity (Wildman–Crippen MR) is 420 cm³/mol. The van der Waals surface area contributed by atoms with Crippen molar-refractivity contribution in [3.8, 4) is 5.75 Å². The number of aliphatic carboxylic acids is 2. The summed E-state index contributed by atoms with van der Waals surface area (Å²) < 4.78 is 0. The van der Waals surface area contributed by atoms with Crippen LogP contribution in [0, 0.1) is 0 Å². The first-order valence-corrected chi connectivity index (χ1v) is 39.6. The van der Waals surface area contributed by atoms with E-state index in [1.165, 1.54) is 40.9 Å². The minimum atomic E-state index is -1.67. The normalized spacial score (nSPS) is 15.4. The van der Waals surface area contributed by atoms with Crippen LogP contribution in [0.1, 0.15) is 159 Å². The molecule has 626 valence electrons. The van der Waals surface area contributed by atoms with Crippen molar-refractivity contribution in [3.63, 3.8) is 0 Å². The average Bonchev–Trinajstić information content (AvgIpc) is 1.63. The summed E-state index contributed by atoms with van der Waals surface area (Å²) >= 11 is 1.29. The molecule has 12 amide bonds. The number of amides is 12. The smallest absolute Gasteiger partial charge is 0.326 e. The number of carboxylic acids is 2. The van der Waals surface area contributed by atoms with E-state index in [0.717, 1.165) is 0 Å². The molecule has 38 nitrogen and oxygen atoms in total. The number of nitrogens with one attached hydrogen (secondary N) is 10. The molecule has 1 aliphatic rings. The van der Waals surface area contributed by atoms with Crippen molar-refractivity contribution in [2.24, 2.45) is 56.6 Å². The zero-order valence-corrected chi connectivity index (χ0v) is 64.8. The molecule has 0 aromatic heterocycles.